The van der Waals surface area contributed by atoms with Gasteiger partial charge in [0.25, 0.3) is 0 Å². The van der Waals surface area contributed by atoms with Gasteiger partial charge in [0.05, 0.1) is 0 Å². The standard InChI is InChI=1S/C14H20N2O4S/c15-12(13(17)18)6-8-21-9-7-16-14(19)20-10-11-4-2-1-3-5-11/h1-5,12H,6-10,15H2,(H,16,19)(H,17,18). The normalized spacial score (nSPS) is 11.7. The lowest BCUT2D eigenvalue weighted by atomic mass is 10.2. The van der Waals surface area contributed by atoms with Crippen molar-refractivity contribution in [2.24, 2.45) is 5.73 Å². The minimum atomic E-state index is -0.988. The maximum Gasteiger partial charge on any atom is 0.407 e. The van der Waals surface area contributed by atoms with Crippen LogP contribution < -0.4 is 11.1 Å². The molecule has 21 heavy (non-hydrogen) atoms. The van der Waals surface area contributed by atoms with E-state index in [1.165, 1.54) is 0 Å². The zero-order valence-corrected chi connectivity index (χ0v) is 12.5. The van der Waals surface area contributed by atoms with Gasteiger partial charge in [-0.25, -0.2) is 4.79 Å². The van der Waals surface area contributed by atoms with E-state index < -0.39 is 18.1 Å². The molecule has 1 aromatic carbocycles. The molecule has 1 aromatic rings. The number of hydrogen-bond acceptors (Lipinski definition) is 5. The second kappa shape index (κ2) is 10.1. The minimum absolute atomic E-state index is 0.243. The number of ether oxygens (including phenoxy) is 1. The first-order valence-electron chi connectivity index (χ1n) is 6.60. The predicted octanol–water partition coefficient (Wildman–Crippen LogP) is 1.45. The third kappa shape index (κ3) is 8.21. The summed E-state index contributed by atoms with van der Waals surface area (Å²) in [5.74, 6) is 0.347. The number of hydrogen-bond donors (Lipinski definition) is 3. The number of nitrogens with one attached hydrogen (secondary N) is 1. The lowest BCUT2D eigenvalue weighted by Gasteiger charge is -2.08. The predicted molar refractivity (Wildman–Crippen MR) is 82.2 cm³/mol. The molecule has 0 aliphatic rings. The van der Waals surface area contributed by atoms with Gasteiger partial charge >= 0.3 is 12.1 Å². The fourth-order valence-corrected chi connectivity index (χ4v) is 2.31. The zero-order valence-electron chi connectivity index (χ0n) is 11.7. The van der Waals surface area contributed by atoms with Crippen molar-refractivity contribution in [3.63, 3.8) is 0 Å². The summed E-state index contributed by atoms with van der Waals surface area (Å²) in [7, 11) is 0. The SMILES string of the molecule is NC(CCSCCNC(=O)OCc1ccccc1)C(=O)O. The number of carbonyl (C=O) groups excluding carboxylic acids is 1. The van der Waals surface area contributed by atoms with Crippen LogP contribution in [0.15, 0.2) is 30.3 Å². The molecule has 1 amide bonds. The number of thioether (sulfide) groups is 1. The first kappa shape index (κ1) is 17.3. The van der Waals surface area contributed by atoms with E-state index in [1.807, 2.05) is 30.3 Å². The van der Waals surface area contributed by atoms with Crippen LogP contribution in [0.5, 0.6) is 0 Å². The molecule has 0 fully saturated rings. The molecule has 4 N–H and O–H groups in total. The summed E-state index contributed by atoms with van der Waals surface area (Å²) < 4.78 is 5.05. The van der Waals surface area contributed by atoms with Crippen LogP contribution in [0.2, 0.25) is 0 Å². The third-order valence-corrected chi connectivity index (χ3v) is 3.64. The number of benzene rings is 1. The van der Waals surface area contributed by atoms with Gasteiger partial charge in [-0.2, -0.15) is 11.8 Å². The fourth-order valence-electron chi connectivity index (χ4n) is 1.44. The molecule has 1 unspecified atom stereocenters. The molecule has 6 nitrogen and oxygen atoms in total. The minimum Gasteiger partial charge on any atom is -0.480 e. The van der Waals surface area contributed by atoms with Crippen LogP contribution in [0, 0.1) is 0 Å². The highest BCUT2D eigenvalue weighted by molar-refractivity contribution is 7.99. The quantitative estimate of drug-likeness (QED) is 0.597. The van der Waals surface area contributed by atoms with Gasteiger partial charge in [-0.05, 0) is 17.7 Å². The van der Waals surface area contributed by atoms with E-state index in [9.17, 15) is 9.59 Å². The fraction of sp³-hybridized carbons (Fsp3) is 0.429. The molecule has 0 radical (unpaired) electrons. The number of rotatable bonds is 9. The maximum atomic E-state index is 11.4. The van der Waals surface area contributed by atoms with Gasteiger partial charge in [0.1, 0.15) is 12.6 Å². The molecule has 116 valence electrons. The molecule has 7 heteroatoms. The van der Waals surface area contributed by atoms with E-state index in [0.29, 0.717) is 24.5 Å². The van der Waals surface area contributed by atoms with Crippen molar-refractivity contribution in [2.45, 2.75) is 19.1 Å². The molecule has 0 spiro atoms. The highest BCUT2D eigenvalue weighted by Gasteiger charge is 2.10. The van der Waals surface area contributed by atoms with E-state index in [2.05, 4.69) is 5.32 Å². The Balaban J connectivity index is 2.00. The number of carboxylic acids is 1. The topological polar surface area (TPSA) is 102 Å². The van der Waals surface area contributed by atoms with Gasteiger partial charge in [-0.1, -0.05) is 30.3 Å². The highest BCUT2D eigenvalue weighted by Crippen LogP contribution is 2.04. The Morgan fingerprint density at radius 3 is 2.67 bits per heavy atom. The first-order chi connectivity index (χ1) is 10.1. The first-order valence-corrected chi connectivity index (χ1v) is 7.75. The van der Waals surface area contributed by atoms with Crippen molar-refractivity contribution in [3.8, 4) is 0 Å². The average molecular weight is 312 g/mol. The number of nitrogens with two attached hydrogens (primary N) is 1. The van der Waals surface area contributed by atoms with Crippen LogP contribution >= 0.6 is 11.8 Å². The Labute approximate surface area is 128 Å². The molecule has 0 saturated carbocycles. The Kier molecular flexibility index (Phi) is 8.30. The Morgan fingerprint density at radius 1 is 1.29 bits per heavy atom. The van der Waals surface area contributed by atoms with Crippen molar-refractivity contribution in [1.29, 1.82) is 0 Å². The smallest absolute Gasteiger partial charge is 0.407 e. The van der Waals surface area contributed by atoms with Crippen LogP contribution in [-0.4, -0.2) is 41.3 Å². The van der Waals surface area contributed by atoms with Crippen molar-refractivity contribution in [1.82, 2.24) is 5.32 Å². The van der Waals surface area contributed by atoms with Gasteiger partial charge in [0.15, 0.2) is 0 Å². The van der Waals surface area contributed by atoms with Crippen LogP contribution in [0.4, 0.5) is 4.79 Å². The van der Waals surface area contributed by atoms with E-state index in [4.69, 9.17) is 15.6 Å². The number of alkyl carbamates (subject to hydrolysis) is 1. The molecular formula is C14H20N2O4S. The van der Waals surface area contributed by atoms with E-state index >= 15 is 0 Å². The number of amides is 1. The van der Waals surface area contributed by atoms with Crippen molar-refractivity contribution in [2.75, 3.05) is 18.1 Å². The van der Waals surface area contributed by atoms with E-state index in [0.717, 1.165) is 5.56 Å². The molecule has 1 rings (SSSR count). The largest absolute Gasteiger partial charge is 0.480 e. The summed E-state index contributed by atoms with van der Waals surface area (Å²) in [5, 5.41) is 11.2. The summed E-state index contributed by atoms with van der Waals surface area (Å²) in [6, 6.07) is 8.62. The van der Waals surface area contributed by atoms with Crippen molar-refractivity contribution in [3.05, 3.63) is 35.9 Å². The molecule has 0 aliphatic heterocycles. The summed E-state index contributed by atoms with van der Waals surface area (Å²) >= 11 is 1.54. The lowest BCUT2D eigenvalue weighted by molar-refractivity contribution is -0.138. The molecule has 1 atom stereocenters. The number of carbonyl (C=O) groups is 2. The van der Waals surface area contributed by atoms with Gasteiger partial charge in [-0.3, -0.25) is 4.79 Å². The maximum absolute atomic E-state index is 11.4. The molecular weight excluding hydrogens is 292 g/mol. The average Bonchev–Trinajstić information content (AvgIpc) is 2.49. The summed E-state index contributed by atoms with van der Waals surface area (Å²) in [6.07, 6.45) is -0.0416. The van der Waals surface area contributed by atoms with Crippen LogP contribution in [0.3, 0.4) is 0 Å². The lowest BCUT2D eigenvalue weighted by Crippen LogP contribution is -2.30. The Hall–Kier alpha value is -1.73. The van der Waals surface area contributed by atoms with E-state index in [1.54, 1.807) is 11.8 Å². The third-order valence-electron chi connectivity index (χ3n) is 2.62. The second-order valence-corrected chi connectivity index (χ2v) is 5.56. The van der Waals surface area contributed by atoms with E-state index in [-0.39, 0.29) is 6.61 Å². The van der Waals surface area contributed by atoms with Crippen molar-refractivity contribution >= 4 is 23.8 Å². The molecule has 0 heterocycles. The monoisotopic (exact) mass is 312 g/mol. The number of carboxylic acid groups (broad SMARTS) is 1. The van der Waals surface area contributed by atoms with Gasteiger partial charge in [0.2, 0.25) is 0 Å². The van der Waals surface area contributed by atoms with Gasteiger partial charge in [0, 0.05) is 12.3 Å². The molecule has 0 bridgehead atoms. The Morgan fingerprint density at radius 2 is 2.00 bits per heavy atom. The summed E-state index contributed by atoms with van der Waals surface area (Å²) in [4.78, 5) is 21.9. The number of aliphatic carboxylic acids is 1. The summed E-state index contributed by atoms with van der Waals surface area (Å²) in [5.41, 5.74) is 6.31. The highest BCUT2D eigenvalue weighted by atomic mass is 32.2. The van der Waals surface area contributed by atoms with Crippen LogP contribution in [0.25, 0.3) is 0 Å². The molecule has 0 saturated heterocycles. The molecule has 0 aliphatic carbocycles. The van der Waals surface area contributed by atoms with Crippen LogP contribution in [0.1, 0.15) is 12.0 Å². The van der Waals surface area contributed by atoms with Crippen LogP contribution in [-0.2, 0) is 16.1 Å². The zero-order chi connectivity index (χ0) is 15.5. The Bertz CT molecular complexity index is 442. The van der Waals surface area contributed by atoms with Crippen molar-refractivity contribution < 1.29 is 19.4 Å². The second-order valence-electron chi connectivity index (χ2n) is 4.33. The summed E-state index contributed by atoms with van der Waals surface area (Å²) in [6.45, 7) is 0.716. The van der Waals surface area contributed by atoms with Gasteiger partial charge in [-0.15, -0.1) is 0 Å². The molecule has 0 aromatic heterocycles. The van der Waals surface area contributed by atoms with Gasteiger partial charge < -0.3 is 20.9 Å².